The van der Waals surface area contributed by atoms with E-state index < -0.39 is 0 Å². The molecule has 0 radical (unpaired) electrons. The topological polar surface area (TPSA) is 76.5 Å². The van der Waals surface area contributed by atoms with Crippen LogP contribution in [0.5, 0.6) is 5.75 Å². The summed E-state index contributed by atoms with van der Waals surface area (Å²) in [5, 5.41) is 12.8. The third-order valence-electron chi connectivity index (χ3n) is 6.61. The minimum atomic E-state index is -0.165. The SMILES string of the molecule is COc1ccc(-n2nc(-c3ccc(Cl)cc3)c3c2N(CC(=O)NC2CC2)C(=O)CS[C@H]3c2ccsc2)cc1. The maximum atomic E-state index is 13.7. The summed E-state index contributed by atoms with van der Waals surface area (Å²) in [6, 6.07) is 17.4. The van der Waals surface area contributed by atoms with Gasteiger partial charge in [0.2, 0.25) is 11.8 Å². The second-order valence-electron chi connectivity index (χ2n) is 9.27. The van der Waals surface area contributed by atoms with Crippen molar-refractivity contribution in [3.8, 4) is 22.7 Å². The number of methoxy groups -OCH3 is 1. The van der Waals surface area contributed by atoms with E-state index in [1.165, 1.54) is 0 Å². The number of nitrogens with one attached hydrogen (secondary N) is 1. The smallest absolute Gasteiger partial charge is 0.240 e. The summed E-state index contributed by atoms with van der Waals surface area (Å²) < 4.78 is 7.15. The summed E-state index contributed by atoms with van der Waals surface area (Å²) in [7, 11) is 1.62. The van der Waals surface area contributed by atoms with Gasteiger partial charge < -0.3 is 10.1 Å². The van der Waals surface area contributed by atoms with Crippen molar-refractivity contribution in [3.63, 3.8) is 0 Å². The third kappa shape index (κ3) is 4.93. The van der Waals surface area contributed by atoms with Crippen molar-refractivity contribution >= 4 is 52.3 Å². The van der Waals surface area contributed by atoms with E-state index in [-0.39, 0.29) is 35.4 Å². The van der Waals surface area contributed by atoms with E-state index in [4.69, 9.17) is 21.4 Å². The summed E-state index contributed by atoms with van der Waals surface area (Å²) >= 11 is 9.39. The zero-order valence-electron chi connectivity index (χ0n) is 20.6. The molecule has 1 aliphatic carbocycles. The number of thiophene rings is 1. The van der Waals surface area contributed by atoms with Crippen LogP contribution in [0.15, 0.2) is 65.4 Å². The molecule has 38 heavy (non-hydrogen) atoms. The second kappa shape index (κ2) is 10.5. The molecule has 2 aromatic carbocycles. The van der Waals surface area contributed by atoms with Gasteiger partial charge in [-0.05, 0) is 71.6 Å². The van der Waals surface area contributed by atoms with E-state index in [9.17, 15) is 9.59 Å². The van der Waals surface area contributed by atoms with Gasteiger partial charge in [0.25, 0.3) is 0 Å². The van der Waals surface area contributed by atoms with Gasteiger partial charge in [0.1, 0.15) is 18.1 Å². The van der Waals surface area contributed by atoms with Gasteiger partial charge in [-0.2, -0.15) is 16.4 Å². The second-order valence-corrected chi connectivity index (χ2v) is 11.6. The highest BCUT2D eigenvalue weighted by atomic mass is 35.5. The number of hydrogen-bond donors (Lipinski definition) is 1. The predicted molar refractivity (Wildman–Crippen MR) is 153 cm³/mol. The Morgan fingerprint density at radius 1 is 1.13 bits per heavy atom. The number of amides is 2. The molecule has 1 fully saturated rings. The first-order valence-electron chi connectivity index (χ1n) is 12.3. The summed E-state index contributed by atoms with van der Waals surface area (Å²) in [5.74, 6) is 1.28. The number of rotatable bonds is 7. The Morgan fingerprint density at radius 2 is 1.89 bits per heavy atom. The number of halogens is 1. The Kier molecular flexibility index (Phi) is 6.90. The van der Waals surface area contributed by atoms with Crippen LogP contribution in [-0.2, 0) is 9.59 Å². The van der Waals surface area contributed by atoms with E-state index >= 15 is 0 Å². The molecular formula is C28H25ClN4O3S2. The zero-order valence-corrected chi connectivity index (χ0v) is 23.0. The van der Waals surface area contributed by atoms with E-state index in [1.807, 2.05) is 53.9 Å². The summed E-state index contributed by atoms with van der Waals surface area (Å²) in [6.45, 7) is -0.0683. The van der Waals surface area contributed by atoms with Gasteiger partial charge in [0.15, 0.2) is 0 Å². The molecule has 194 valence electrons. The van der Waals surface area contributed by atoms with Crippen molar-refractivity contribution in [2.24, 2.45) is 0 Å². The molecular weight excluding hydrogens is 540 g/mol. The molecule has 2 amide bonds. The Labute approximate surface area is 233 Å². The molecule has 6 rings (SSSR count). The number of aromatic nitrogens is 2. The van der Waals surface area contributed by atoms with Crippen molar-refractivity contribution in [1.82, 2.24) is 15.1 Å². The number of carbonyl (C=O) groups excluding carboxylic acids is 2. The van der Waals surface area contributed by atoms with Crippen LogP contribution in [0.3, 0.4) is 0 Å². The lowest BCUT2D eigenvalue weighted by Crippen LogP contribution is -2.43. The number of nitrogens with zero attached hydrogens (tertiary/aromatic N) is 3. The van der Waals surface area contributed by atoms with Crippen LogP contribution in [0.25, 0.3) is 16.9 Å². The van der Waals surface area contributed by atoms with Crippen molar-refractivity contribution in [2.75, 3.05) is 24.3 Å². The van der Waals surface area contributed by atoms with Crippen LogP contribution in [0.4, 0.5) is 5.82 Å². The highest BCUT2D eigenvalue weighted by Crippen LogP contribution is 2.49. The Hall–Kier alpha value is -3.27. The van der Waals surface area contributed by atoms with Crippen molar-refractivity contribution in [3.05, 3.63) is 81.5 Å². The van der Waals surface area contributed by atoms with Gasteiger partial charge in [-0.3, -0.25) is 14.5 Å². The summed E-state index contributed by atoms with van der Waals surface area (Å²) in [5.41, 5.74) is 4.40. The zero-order chi connectivity index (χ0) is 26.2. The normalized spacial score (nSPS) is 17.2. The molecule has 1 atom stereocenters. The largest absolute Gasteiger partial charge is 0.497 e. The highest BCUT2D eigenvalue weighted by molar-refractivity contribution is 8.00. The number of anilines is 1. The fourth-order valence-corrected chi connectivity index (χ4v) is 6.66. The molecule has 7 nitrogen and oxygen atoms in total. The molecule has 3 heterocycles. The average Bonchev–Trinajstić information content (AvgIpc) is 3.45. The fourth-order valence-electron chi connectivity index (χ4n) is 4.58. The van der Waals surface area contributed by atoms with Crippen LogP contribution in [0.2, 0.25) is 5.02 Å². The third-order valence-corrected chi connectivity index (χ3v) is 8.82. The number of carbonyl (C=O) groups is 2. The van der Waals surface area contributed by atoms with E-state index in [0.29, 0.717) is 16.6 Å². The number of fused-ring (bicyclic) bond motifs is 1. The lowest BCUT2D eigenvalue weighted by Gasteiger charge is -2.23. The Bertz CT molecular complexity index is 1470. The van der Waals surface area contributed by atoms with E-state index in [2.05, 4.69) is 16.8 Å². The van der Waals surface area contributed by atoms with Crippen molar-refractivity contribution in [2.45, 2.75) is 24.1 Å². The lowest BCUT2D eigenvalue weighted by atomic mass is 10.0. The molecule has 1 aliphatic heterocycles. The molecule has 10 heteroatoms. The minimum absolute atomic E-state index is 0.0683. The monoisotopic (exact) mass is 564 g/mol. The maximum Gasteiger partial charge on any atom is 0.240 e. The first-order chi connectivity index (χ1) is 18.5. The van der Waals surface area contributed by atoms with Crippen LogP contribution < -0.4 is 15.0 Å². The molecule has 0 spiro atoms. The Balaban J connectivity index is 1.58. The predicted octanol–water partition coefficient (Wildman–Crippen LogP) is 5.71. The van der Waals surface area contributed by atoms with Gasteiger partial charge in [-0.25, -0.2) is 4.68 Å². The van der Waals surface area contributed by atoms with Crippen molar-refractivity contribution < 1.29 is 14.3 Å². The van der Waals surface area contributed by atoms with Crippen LogP contribution in [-0.4, -0.2) is 47.0 Å². The maximum absolute atomic E-state index is 13.7. The quantitative estimate of drug-likeness (QED) is 0.311. The summed E-state index contributed by atoms with van der Waals surface area (Å²) in [4.78, 5) is 28.3. The van der Waals surface area contributed by atoms with Crippen molar-refractivity contribution in [1.29, 1.82) is 0 Å². The van der Waals surface area contributed by atoms with E-state index in [0.717, 1.165) is 40.9 Å². The number of ether oxygens (including phenoxy) is 1. The van der Waals surface area contributed by atoms with Gasteiger partial charge in [0, 0.05) is 22.2 Å². The molecule has 1 N–H and O–H groups in total. The first kappa shape index (κ1) is 25.0. The van der Waals surface area contributed by atoms with Crippen LogP contribution >= 0.6 is 34.7 Å². The van der Waals surface area contributed by atoms with Gasteiger partial charge in [0.05, 0.1) is 29.5 Å². The number of hydrogen-bond acceptors (Lipinski definition) is 6. The molecule has 1 saturated carbocycles. The Morgan fingerprint density at radius 3 is 2.55 bits per heavy atom. The molecule has 0 bridgehead atoms. The van der Waals surface area contributed by atoms with Gasteiger partial charge in [-0.1, -0.05) is 23.7 Å². The average molecular weight is 565 g/mol. The van der Waals surface area contributed by atoms with Gasteiger partial charge >= 0.3 is 0 Å². The fraction of sp³-hybridized carbons (Fsp3) is 0.250. The highest BCUT2D eigenvalue weighted by Gasteiger charge is 2.38. The lowest BCUT2D eigenvalue weighted by molar-refractivity contribution is -0.123. The first-order valence-corrected chi connectivity index (χ1v) is 14.7. The molecule has 0 saturated heterocycles. The summed E-state index contributed by atoms with van der Waals surface area (Å²) in [6.07, 6.45) is 1.96. The molecule has 0 unspecified atom stereocenters. The number of thioether (sulfide) groups is 1. The molecule has 2 aromatic heterocycles. The molecule has 4 aromatic rings. The standard InChI is InChI=1S/C28H25ClN4O3S2/c1-36-22-10-8-21(9-11-22)33-28-25(26(31-33)17-2-4-19(29)5-3-17)27(18-12-13-37-15-18)38-16-24(35)32(28)14-23(34)30-20-6-7-20/h2-5,8-13,15,20,27H,6-7,14,16H2,1H3,(H,30,34)/t27-/m0/s1. The van der Waals surface area contributed by atoms with Gasteiger partial charge in [-0.15, -0.1) is 11.8 Å². The van der Waals surface area contributed by atoms with Crippen LogP contribution in [0.1, 0.15) is 29.2 Å². The number of benzene rings is 2. The minimum Gasteiger partial charge on any atom is -0.497 e. The molecule has 2 aliphatic rings. The van der Waals surface area contributed by atoms with E-state index in [1.54, 1.807) is 39.8 Å². The van der Waals surface area contributed by atoms with Crippen LogP contribution in [0, 0.1) is 0 Å².